The van der Waals surface area contributed by atoms with Crippen LogP contribution in [0.1, 0.15) is 0 Å². The highest BCUT2D eigenvalue weighted by atomic mass is 16.5. The molecule has 8 heteroatoms. The number of benzene rings is 13. The molecule has 0 atom stereocenters. The van der Waals surface area contributed by atoms with E-state index in [9.17, 15) is 0 Å². The number of rotatable bonds is 10. The minimum atomic E-state index is -0.217. The third kappa shape index (κ3) is 8.21. The van der Waals surface area contributed by atoms with Crippen molar-refractivity contribution >= 4 is 97.4 Å². The first-order valence-electron chi connectivity index (χ1n) is 29.4. The second kappa shape index (κ2) is 20.3. The van der Waals surface area contributed by atoms with Crippen LogP contribution >= 0.6 is 0 Å². The van der Waals surface area contributed by atoms with E-state index in [1.807, 2.05) is 0 Å². The molecule has 0 aromatic heterocycles. The highest BCUT2D eigenvalue weighted by Gasteiger charge is 2.45. The van der Waals surface area contributed by atoms with Crippen LogP contribution in [-0.4, -0.2) is 13.4 Å². The zero-order valence-corrected chi connectivity index (χ0v) is 46.7. The average Bonchev–Trinajstić information content (AvgIpc) is 0.824. The maximum Gasteiger partial charge on any atom is 0.260 e. The summed E-state index contributed by atoms with van der Waals surface area (Å²) in [4.78, 5) is 7.15. The van der Waals surface area contributed by atoms with Crippen LogP contribution < -0.4 is 61.7 Å². The van der Waals surface area contributed by atoms with Crippen molar-refractivity contribution in [3.63, 3.8) is 0 Å². The van der Waals surface area contributed by atoms with Gasteiger partial charge in [0.15, 0.2) is 0 Å². The molecule has 13 aromatic carbocycles. The predicted molar refractivity (Wildman–Crippen MR) is 356 cm³/mol. The van der Waals surface area contributed by atoms with Gasteiger partial charge in [-0.25, -0.2) is 0 Å². The summed E-state index contributed by atoms with van der Waals surface area (Å²) in [7, 11) is 0. The highest BCUT2D eigenvalue weighted by molar-refractivity contribution is 6.99. The molecule has 86 heavy (non-hydrogen) atoms. The van der Waals surface area contributed by atoms with E-state index < -0.39 is 0 Å². The Morgan fingerprint density at radius 1 is 0.233 bits per heavy atom. The molecule has 0 aliphatic carbocycles. The molecule has 0 bridgehead atoms. The molecule has 4 heterocycles. The van der Waals surface area contributed by atoms with Crippen molar-refractivity contribution in [2.45, 2.75) is 0 Å². The van der Waals surface area contributed by atoms with Gasteiger partial charge in [-0.2, -0.15) is 0 Å². The van der Waals surface area contributed by atoms with Gasteiger partial charge >= 0.3 is 0 Å². The lowest BCUT2D eigenvalue weighted by Gasteiger charge is -2.42. The molecule has 0 amide bonds. The van der Waals surface area contributed by atoms with E-state index in [0.717, 1.165) is 146 Å². The average molecular weight is 1100 g/mol. The van der Waals surface area contributed by atoms with Gasteiger partial charge in [0, 0.05) is 62.6 Å². The molecular formula is C78H51B2N3O3. The van der Waals surface area contributed by atoms with Crippen LogP contribution in [0.15, 0.2) is 309 Å². The second-order valence-electron chi connectivity index (χ2n) is 22.3. The predicted octanol–water partition coefficient (Wildman–Crippen LogP) is 16.8. The Labute approximate surface area is 500 Å². The molecule has 0 unspecified atom stereocenters. The minimum Gasteiger partial charge on any atom is -0.458 e. The first-order valence-corrected chi connectivity index (χ1v) is 29.4. The zero-order valence-electron chi connectivity index (χ0n) is 46.7. The number of fused-ring (bicyclic) bond motifs is 8. The quantitative estimate of drug-likeness (QED) is 0.127. The smallest absolute Gasteiger partial charge is 0.260 e. The molecule has 4 aliphatic rings. The fourth-order valence-corrected chi connectivity index (χ4v) is 13.6. The summed E-state index contributed by atoms with van der Waals surface area (Å²) >= 11 is 0. The lowest BCUT2D eigenvalue weighted by Crippen LogP contribution is -2.59. The van der Waals surface area contributed by atoms with Crippen molar-refractivity contribution in [3.05, 3.63) is 309 Å². The van der Waals surface area contributed by atoms with E-state index in [1.165, 1.54) is 5.46 Å². The zero-order chi connectivity index (χ0) is 56.7. The van der Waals surface area contributed by atoms with Gasteiger partial charge in [0.05, 0.1) is 5.69 Å². The topological polar surface area (TPSA) is 37.4 Å². The third-order valence-corrected chi connectivity index (χ3v) is 17.4. The van der Waals surface area contributed by atoms with Crippen LogP contribution in [0, 0.1) is 0 Å². The van der Waals surface area contributed by atoms with Crippen molar-refractivity contribution in [3.8, 4) is 67.9 Å². The molecular weight excluding hydrogens is 1050 g/mol. The Balaban J connectivity index is 0.909. The van der Waals surface area contributed by atoms with E-state index in [4.69, 9.17) is 14.2 Å². The summed E-state index contributed by atoms with van der Waals surface area (Å²) in [5.41, 5.74) is 22.4. The molecule has 6 nitrogen and oxygen atoms in total. The number of hydrogen-bond donors (Lipinski definition) is 0. The van der Waals surface area contributed by atoms with Gasteiger partial charge in [0.25, 0.3) is 13.4 Å². The largest absolute Gasteiger partial charge is 0.458 e. The van der Waals surface area contributed by atoms with Gasteiger partial charge in [-0.1, -0.05) is 194 Å². The first-order chi connectivity index (χ1) is 42.6. The molecule has 0 saturated heterocycles. The number of hydrogen-bond acceptors (Lipinski definition) is 6. The van der Waals surface area contributed by atoms with Crippen LogP contribution in [0.3, 0.4) is 0 Å². The summed E-state index contributed by atoms with van der Waals surface area (Å²) in [6.07, 6.45) is 0. The Kier molecular flexibility index (Phi) is 11.7. The van der Waals surface area contributed by atoms with Crippen molar-refractivity contribution in [2.75, 3.05) is 14.7 Å². The van der Waals surface area contributed by atoms with Crippen LogP contribution in [0.5, 0.6) is 34.5 Å². The summed E-state index contributed by atoms with van der Waals surface area (Å²) in [6, 6.07) is 110. The van der Waals surface area contributed by atoms with E-state index in [1.54, 1.807) is 0 Å². The van der Waals surface area contributed by atoms with Gasteiger partial charge in [-0.05, 0) is 164 Å². The lowest BCUT2D eigenvalue weighted by molar-refractivity contribution is 0.465. The third-order valence-electron chi connectivity index (χ3n) is 17.4. The van der Waals surface area contributed by atoms with Crippen molar-refractivity contribution in [2.24, 2.45) is 0 Å². The monoisotopic (exact) mass is 1100 g/mol. The Morgan fingerprint density at radius 3 is 1.30 bits per heavy atom. The summed E-state index contributed by atoms with van der Waals surface area (Å²) in [5, 5.41) is 0. The van der Waals surface area contributed by atoms with Crippen molar-refractivity contribution in [1.29, 1.82) is 0 Å². The van der Waals surface area contributed by atoms with Crippen LogP contribution in [0.4, 0.5) is 51.2 Å². The van der Waals surface area contributed by atoms with Gasteiger partial charge in [-0.3, -0.25) is 0 Å². The highest BCUT2D eigenvalue weighted by Crippen LogP contribution is 2.50. The molecule has 0 saturated carbocycles. The summed E-state index contributed by atoms with van der Waals surface area (Å²) in [6.45, 7) is -0.329. The van der Waals surface area contributed by atoms with Crippen LogP contribution in [0.25, 0.3) is 33.4 Å². The molecule has 0 spiro atoms. The van der Waals surface area contributed by atoms with Crippen LogP contribution in [-0.2, 0) is 0 Å². The number of anilines is 9. The number of ether oxygens (including phenoxy) is 3. The van der Waals surface area contributed by atoms with Crippen molar-refractivity contribution in [1.82, 2.24) is 0 Å². The van der Waals surface area contributed by atoms with Gasteiger partial charge in [-0.15, -0.1) is 0 Å². The van der Waals surface area contributed by atoms with E-state index in [-0.39, 0.29) is 13.4 Å². The molecule has 4 aliphatic heterocycles. The molecule has 0 fully saturated rings. The molecule has 13 aromatic rings. The Morgan fingerprint density at radius 2 is 0.686 bits per heavy atom. The van der Waals surface area contributed by atoms with Gasteiger partial charge < -0.3 is 28.9 Å². The molecule has 17 rings (SSSR count). The standard InChI is InChI=1S/C78H51B2N3O3/c1-7-23-52(24-8-1)54-39-44-72-67(45-54)80-65-36-20-22-38-71(65)84-75-48-56(49-76(85-72)78(75)80)55-46-70-77-74(47-55)86-73-51-62(82(59-31-15-5-16-32-59)60-33-17-6-18-34-60)41-43-66(73)79(77)64-42-40-61(81(57-27-11-3-12-28-57)58-29-13-4-14-30-58)50-69(64)83(70)68-37-21-19-35-63(68)53-25-9-2-10-26-53/h1-51H. The lowest BCUT2D eigenvalue weighted by atomic mass is 9.34. The number of nitrogens with zero attached hydrogens (tertiary/aromatic N) is 3. The molecule has 0 radical (unpaired) electrons. The van der Waals surface area contributed by atoms with E-state index in [0.29, 0.717) is 0 Å². The van der Waals surface area contributed by atoms with Gasteiger partial charge in [0.1, 0.15) is 34.5 Å². The maximum atomic E-state index is 7.55. The Hall–Kier alpha value is -11.2. The minimum absolute atomic E-state index is 0.112. The fourth-order valence-electron chi connectivity index (χ4n) is 13.6. The molecule has 0 N–H and O–H groups in total. The first kappa shape index (κ1) is 49.4. The Bertz CT molecular complexity index is 4670. The maximum absolute atomic E-state index is 7.55. The SMILES string of the molecule is c1ccc(-c2ccc3c(c2)B2c4ccccc4Oc4cc(-c5cc6c7c(c5)N(c5ccccc5-c5ccccc5)c5cc(N(c8ccccc8)c8ccccc8)ccc5B7c5ccc(N(c7ccccc7)c7ccccc7)cc5O6)cc(c42)O3)cc1. The van der Waals surface area contributed by atoms with Gasteiger partial charge in [0.2, 0.25) is 0 Å². The second-order valence-corrected chi connectivity index (χ2v) is 22.3. The van der Waals surface area contributed by atoms with E-state index in [2.05, 4.69) is 324 Å². The molecule has 402 valence electrons. The van der Waals surface area contributed by atoms with Crippen molar-refractivity contribution < 1.29 is 14.2 Å². The number of para-hydroxylation sites is 6. The summed E-state index contributed by atoms with van der Waals surface area (Å²) < 4.78 is 21.7. The normalized spacial score (nSPS) is 12.6. The summed E-state index contributed by atoms with van der Waals surface area (Å²) in [5.74, 6) is 4.77. The van der Waals surface area contributed by atoms with E-state index >= 15 is 0 Å². The van der Waals surface area contributed by atoms with Crippen LogP contribution in [0.2, 0.25) is 0 Å². The fraction of sp³-hybridized carbons (Fsp3) is 0.